The van der Waals surface area contributed by atoms with Gasteiger partial charge in [0.15, 0.2) is 0 Å². The zero-order chi connectivity index (χ0) is 13.2. The lowest BCUT2D eigenvalue weighted by molar-refractivity contribution is 0.0575. The fourth-order valence-corrected chi connectivity index (χ4v) is 2.18. The van der Waals surface area contributed by atoms with Gasteiger partial charge >= 0.3 is 0 Å². The van der Waals surface area contributed by atoms with Gasteiger partial charge in [-0.15, -0.1) is 0 Å². The van der Waals surface area contributed by atoms with Crippen molar-refractivity contribution in [3.05, 3.63) is 52.3 Å². The van der Waals surface area contributed by atoms with E-state index in [2.05, 4.69) is 21.0 Å². The van der Waals surface area contributed by atoms with Gasteiger partial charge in [0, 0.05) is 29.2 Å². The van der Waals surface area contributed by atoms with Crippen LogP contribution in [0.15, 0.2) is 41.1 Å². The number of aryl methyl sites for hydroxylation is 1. The van der Waals surface area contributed by atoms with E-state index in [1.807, 2.05) is 49.0 Å². The van der Waals surface area contributed by atoms with E-state index in [1.54, 1.807) is 6.20 Å². The number of rotatable bonds is 4. The van der Waals surface area contributed by atoms with Gasteiger partial charge in [0.1, 0.15) is 0 Å². The number of hydrogen-bond acceptors (Lipinski definition) is 2. The van der Waals surface area contributed by atoms with Crippen LogP contribution in [0.3, 0.4) is 0 Å². The zero-order valence-electron chi connectivity index (χ0n) is 10.6. The lowest BCUT2D eigenvalue weighted by atomic mass is 9.91. The second kappa shape index (κ2) is 5.24. The molecule has 0 aliphatic carbocycles. The third-order valence-corrected chi connectivity index (χ3v) is 3.57. The molecule has 1 N–H and O–H groups in total. The molecule has 0 fully saturated rings. The second-order valence-electron chi connectivity index (χ2n) is 4.66. The van der Waals surface area contributed by atoms with Gasteiger partial charge in [0.25, 0.3) is 0 Å². The van der Waals surface area contributed by atoms with Crippen molar-refractivity contribution < 1.29 is 5.11 Å². The number of hydrogen-bond donors (Lipinski definition) is 1. The first-order valence-corrected chi connectivity index (χ1v) is 6.80. The molecule has 18 heavy (non-hydrogen) atoms. The zero-order valence-corrected chi connectivity index (χ0v) is 12.2. The molecule has 2 rings (SSSR count). The Kier molecular flexibility index (Phi) is 3.88. The molecule has 0 aliphatic heterocycles. The Bertz CT molecular complexity index is 517. The average Bonchev–Trinajstić information content (AvgIpc) is 2.81. The smallest absolute Gasteiger partial charge is 0.0939 e. The summed E-state index contributed by atoms with van der Waals surface area (Å²) >= 11 is 3.41. The van der Waals surface area contributed by atoms with E-state index in [0.717, 1.165) is 22.1 Å². The maximum Gasteiger partial charge on any atom is 0.0939 e. The van der Waals surface area contributed by atoms with Crippen LogP contribution >= 0.6 is 15.9 Å². The van der Waals surface area contributed by atoms with Crippen molar-refractivity contribution in [2.45, 2.75) is 32.4 Å². The summed E-state index contributed by atoms with van der Waals surface area (Å²) < 4.78 is 2.87. The first kappa shape index (κ1) is 13.3. The van der Waals surface area contributed by atoms with E-state index < -0.39 is 5.60 Å². The lowest BCUT2D eigenvalue weighted by Gasteiger charge is -2.22. The molecular weight excluding hydrogens is 292 g/mol. The highest BCUT2D eigenvalue weighted by Gasteiger charge is 2.25. The highest BCUT2D eigenvalue weighted by Crippen LogP contribution is 2.25. The first-order chi connectivity index (χ1) is 8.51. The van der Waals surface area contributed by atoms with E-state index in [-0.39, 0.29) is 0 Å². The molecule has 4 heteroatoms. The number of aromatic nitrogens is 2. The fraction of sp³-hybridized carbons (Fsp3) is 0.357. The minimum absolute atomic E-state index is 0.579. The van der Waals surface area contributed by atoms with E-state index in [1.165, 1.54) is 0 Å². The average molecular weight is 309 g/mol. The molecule has 2 aromatic rings. The van der Waals surface area contributed by atoms with Crippen LogP contribution in [0.1, 0.15) is 25.0 Å². The van der Waals surface area contributed by atoms with E-state index in [9.17, 15) is 5.11 Å². The van der Waals surface area contributed by atoms with E-state index in [4.69, 9.17) is 0 Å². The molecular formula is C14H17BrN2O. The van der Waals surface area contributed by atoms with Gasteiger partial charge in [0.2, 0.25) is 0 Å². The maximum absolute atomic E-state index is 10.6. The van der Waals surface area contributed by atoms with Gasteiger partial charge in [0.05, 0.1) is 11.8 Å². The van der Waals surface area contributed by atoms with Crippen molar-refractivity contribution >= 4 is 15.9 Å². The molecule has 1 unspecified atom stereocenters. The summed E-state index contributed by atoms with van der Waals surface area (Å²) in [6, 6.07) is 8.01. The molecule has 3 nitrogen and oxygen atoms in total. The molecule has 1 aromatic carbocycles. The summed E-state index contributed by atoms with van der Waals surface area (Å²) in [6.45, 7) is 4.67. The Morgan fingerprint density at radius 1 is 1.33 bits per heavy atom. The second-order valence-corrected chi connectivity index (χ2v) is 5.58. The standard InChI is InChI=1S/C14H17BrN2O/c1-3-17-10-12(9-16-17)14(2,18)8-11-4-6-13(15)7-5-11/h4-7,9-10,18H,3,8H2,1-2H3. The van der Waals surface area contributed by atoms with Crippen LogP contribution < -0.4 is 0 Å². The summed E-state index contributed by atoms with van der Waals surface area (Å²) in [5.74, 6) is 0. The summed E-state index contributed by atoms with van der Waals surface area (Å²) in [6.07, 6.45) is 4.22. The Labute approximate surface area is 116 Å². The number of aliphatic hydroxyl groups is 1. The highest BCUT2D eigenvalue weighted by atomic mass is 79.9. The van der Waals surface area contributed by atoms with Crippen molar-refractivity contribution in [3.8, 4) is 0 Å². The van der Waals surface area contributed by atoms with Crippen molar-refractivity contribution in [1.82, 2.24) is 9.78 Å². The number of benzene rings is 1. The number of nitrogens with zero attached hydrogens (tertiary/aromatic N) is 2. The molecule has 0 aliphatic rings. The topological polar surface area (TPSA) is 38.0 Å². The van der Waals surface area contributed by atoms with Gasteiger partial charge in [-0.3, -0.25) is 4.68 Å². The summed E-state index contributed by atoms with van der Waals surface area (Å²) in [7, 11) is 0. The van der Waals surface area contributed by atoms with Gasteiger partial charge < -0.3 is 5.11 Å². The van der Waals surface area contributed by atoms with Gasteiger partial charge in [-0.25, -0.2) is 0 Å². The number of halogens is 1. The summed E-state index contributed by atoms with van der Waals surface area (Å²) in [4.78, 5) is 0. The van der Waals surface area contributed by atoms with Crippen LogP contribution in [0, 0.1) is 0 Å². The van der Waals surface area contributed by atoms with E-state index in [0.29, 0.717) is 6.42 Å². The fourth-order valence-electron chi connectivity index (χ4n) is 1.92. The molecule has 0 radical (unpaired) electrons. The molecule has 0 spiro atoms. The van der Waals surface area contributed by atoms with Crippen LogP contribution in [0.25, 0.3) is 0 Å². The molecule has 0 saturated heterocycles. The van der Waals surface area contributed by atoms with Crippen molar-refractivity contribution in [2.24, 2.45) is 0 Å². The molecule has 0 saturated carbocycles. The maximum atomic E-state index is 10.6. The Hall–Kier alpha value is -1.13. The summed E-state index contributed by atoms with van der Waals surface area (Å²) in [5.41, 5.74) is 1.07. The van der Waals surface area contributed by atoms with Crippen molar-refractivity contribution in [2.75, 3.05) is 0 Å². The quantitative estimate of drug-likeness (QED) is 0.942. The van der Waals surface area contributed by atoms with Crippen molar-refractivity contribution in [1.29, 1.82) is 0 Å². The van der Waals surface area contributed by atoms with Gasteiger partial charge in [-0.05, 0) is 31.5 Å². The molecule has 1 aromatic heterocycles. The summed E-state index contributed by atoms with van der Waals surface area (Å²) in [5, 5.41) is 14.8. The Morgan fingerprint density at radius 2 is 2.00 bits per heavy atom. The van der Waals surface area contributed by atoms with Gasteiger partial charge in [-0.2, -0.15) is 5.10 Å². The monoisotopic (exact) mass is 308 g/mol. The lowest BCUT2D eigenvalue weighted by Crippen LogP contribution is -2.23. The molecule has 0 bridgehead atoms. The third-order valence-electron chi connectivity index (χ3n) is 3.04. The SMILES string of the molecule is CCn1cc(C(C)(O)Cc2ccc(Br)cc2)cn1. The first-order valence-electron chi connectivity index (χ1n) is 6.01. The minimum Gasteiger partial charge on any atom is -0.385 e. The molecule has 96 valence electrons. The van der Waals surface area contributed by atoms with Crippen LogP contribution in [-0.4, -0.2) is 14.9 Å². The molecule has 0 amide bonds. The van der Waals surface area contributed by atoms with Crippen LogP contribution in [0.5, 0.6) is 0 Å². The van der Waals surface area contributed by atoms with Gasteiger partial charge in [-0.1, -0.05) is 28.1 Å². The van der Waals surface area contributed by atoms with E-state index >= 15 is 0 Å². The van der Waals surface area contributed by atoms with Crippen LogP contribution in [-0.2, 0) is 18.6 Å². The third kappa shape index (κ3) is 3.00. The highest BCUT2D eigenvalue weighted by molar-refractivity contribution is 9.10. The molecule has 1 heterocycles. The normalized spacial score (nSPS) is 14.4. The molecule has 1 atom stereocenters. The largest absolute Gasteiger partial charge is 0.385 e. The Balaban J connectivity index is 2.18. The predicted octanol–water partition coefficient (Wildman–Crippen LogP) is 3.12. The minimum atomic E-state index is -0.888. The Morgan fingerprint density at radius 3 is 2.56 bits per heavy atom. The van der Waals surface area contributed by atoms with Crippen molar-refractivity contribution in [3.63, 3.8) is 0 Å². The van der Waals surface area contributed by atoms with Crippen LogP contribution in [0.2, 0.25) is 0 Å². The predicted molar refractivity (Wildman–Crippen MR) is 75.3 cm³/mol. The van der Waals surface area contributed by atoms with Crippen LogP contribution in [0.4, 0.5) is 0 Å².